The zero-order valence-electron chi connectivity index (χ0n) is 15.5. The number of urea groups is 1. The fraction of sp³-hybridized carbons (Fsp3) is 0.632. The van der Waals surface area contributed by atoms with Gasteiger partial charge in [-0.25, -0.2) is 4.79 Å². The lowest BCUT2D eigenvalue weighted by molar-refractivity contribution is -0.117. The molecule has 2 amide bonds. The second kappa shape index (κ2) is 7.12. The molecule has 2 atom stereocenters. The van der Waals surface area contributed by atoms with Crippen LogP contribution < -0.4 is 14.8 Å². The predicted octanol–water partition coefficient (Wildman–Crippen LogP) is 3.12. The Labute approximate surface area is 149 Å². The molecule has 1 aromatic rings. The minimum absolute atomic E-state index is 0.0314. The minimum atomic E-state index is -0.326. The first-order valence-corrected chi connectivity index (χ1v) is 9.01. The van der Waals surface area contributed by atoms with Crippen molar-refractivity contribution in [3.63, 3.8) is 0 Å². The maximum atomic E-state index is 12.8. The van der Waals surface area contributed by atoms with Crippen LogP contribution in [0.5, 0.6) is 11.5 Å². The molecule has 1 aromatic carbocycles. The highest BCUT2D eigenvalue weighted by molar-refractivity contribution is 5.75. The second-order valence-corrected chi connectivity index (χ2v) is 7.38. The van der Waals surface area contributed by atoms with E-state index in [-0.39, 0.29) is 23.8 Å². The van der Waals surface area contributed by atoms with Crippen molar-refractivity contribution in [1.29, 1.82) is 0 Å². The standard InChI is InChI=1S/C19H28N2O4/c1-5-15(14-6-7-16-17(10-14)24-9-8-23-16)20-18(22)21-11-13(2)25-19(3,4)12-21/h6-7,10,13,15H,5,8-9,11-12H2,1-4H3,(H,20,22). The van der Waals surface area contributed by atoms with Crippen LogP contribution in [0.4, 0.5) is 4.79 Å². The molecule has 138 valence electrons. The maximum absolute atomic E-state index is 12.8. The van der Waals surface area contributed by atoms with Gasteiger partial charge in [0.1, 0.15) is 13.2 Å². The highest BCUT2D eigenvalue weighted by Gasteiger charge is 2.34. The van der Waals surface area contributed by atoms with E-state index in [0.29, 0.717) is 26.3 Å². The van der Waals surface area contributed by atoms with Gasteiger partial charge in [-0.3, -0.25) is 0 Å². The zero-order chi connectivity index (χ0) is 18.0. The van der Waals surface area contributed by atoms with Crippen molar-refractivity contribution >= 4 is 6.03 Å². The van der Waals surface area contributed by atoms with Crippen LogP contribution in [-0.4, -0.2) is 48.9 Å². The molecule has 2 unspecified atom stereocenters. The molecule has 0 spiro atoms. The summed E-state index contributed by atoms with van der Waals surface area (Å²) in [4.78, 5) is 14.6. The van der Waals surface area contributed by atoms with Crippen LogP contribution in [0.3, 0.4) is 0 Å². The number of hydrogen-bond donors (Lipinski definition) is 1. The number of fused-ring (bicyclic) bond motifs is 1. The number of ether oxygens (including phenoxy) is 3. The van der Waals surface area contributed by atoms with Gasteiger partial charge in [0.2, 0.25) is 0 Å². The number of carbonyl (C=O) groups is 1. The maximum Gasteiger partial charge on any atom is 0.318 e. The first-order chi connectivity index (χ1) is 11.9. The highest BCUT2D eigenvalue weighted by Crippen LogP contribution is 2.33. The van der Waals surface area contributed by atoms with E-state index in [1.165, 1.54) is 0 Å². The smallest absolute Gasteiger partial charge is 0.318 e. The number of nitrogens with zero attached hydrogens (tertiary/aromatic N) is 1. The Morgan fingerprint density at radius 1 is 1.32 bits per heavy atom. The second-order valence-electron chi connectivity index (χ2n) is 7.38. The van der Waals surface area contributed by atoms with Crippen LogP contribution in [0.15, 0.2) is 18.2 Å². The third-order valence-corrected chi connectivity index (χ3v) is 4.53. The van der Waals surface area contributed by atoms with E-state index in [2.05, 4.69) is 12.2 Å². The lowest BCUT2D eigenvalue weighted by Crippen LogP contribution is -2.56. The molecule has 6 nitrogen and oxygen atoms in total. The molecule has 1 N–H and O–H groups in total. The van der Waals surface area contributed by atoms with Crippen molar-refractivity contribution < 1.29 is 19.0 Å². The first kappa shape index (κ1) is 17.9. The van der Waals surface area contributed by atoms with E-state index < -0.39 is 0 Å². The lowest BCUT2D eigenvalue weighted by Gasteiger charge is -2.42. The molecule has 0 bridgehead atoms. The van der Waals surface area contributed by atoms with E-state index in [4.69, 9.17) is 14.2 Å². The molecule has 2 aliphatic rings. The molecule has 0 aliphatic carbocycles. The molecule has 2 heterocycles. The normalized spacial score (nSPS) is 23.0. The summed E-state index contributed by atoms with van der Waals surface area (Å²) in [7, 11) is 0. The van der Waals surface area contributed by atoms with Crippen molar-refractivity contribution in [2.45, 2.75) is 51.9 Å². The SMILES string of the molecule is CCC(NC(=O)N1CC(C)OC(C)(C)C1)c1ccc2c(c1)OCCO2. The topological polar surface area (TPSA) is 60.0 Å². The van der Waals surface area contributed by atoms with Gasteiger partial charge in [-0.05, 0) is 44.9 Å². The van der Waals surface area contributed by atoms with Crippen LogP contribution in [0.1, 0.15) is 45.7 Å². The van der Waals surface area contributed by atoms with E-state index in [9.17, 15) is 4.79 Å². The third-order valence-electron chi connectivity index (χ3n) is 4.53. The largest absolute Gasteiger partial charge is 0.486 e. The monoisotopic (exact) mass is 348 g/mol. The van der Waals surface area contributed by atoms with Crippen LogP contribution in [0.25, 0.3) is 0 Å². The number of carbonyl (C=O) groups excluding carboxylic acids is 1. The van der Waals surface area contributed by atoms with Crippen molar-refractivity contribution in [2.24, 2.45) is 0 Å². The number of rotatable bonds is 3. The first-order valence-electron chi connectivity index (χ1n) is 9.01. The Morgan fingerprint density at radius 2 is 2.04 bits per heavy atom. The number of hydrogen-bond acceptors (Lipinski definition) is 4. The summed E-state index contributed by atoms with van der Waals surface area (Å²) in [6.45, 7) is 10.4. The predicted molar refractivity (Wildman–Crippen MR) is 95.2 cm³/mol. The van der Waals surface area contributed by atoms with Crippen molar-refractivity contribution in [3.05, 3.63) is 23.8 Å². The summed E-state index contributed by atoms with van der Waals surface area (Å²) in [6, 6.07) is 5.76. The summed E-state index contributed by atoms with van der Waals surface area (Å²) < 4.78 is 17.1. The zero-order valence-corrected chi connectivity index (χ0v) is 15.5. The van der Waals surface area contributed by atoms with E-state index >= 15 is 0 Å². The fourth-order valence-electron chi connectivity index (χ4n) is 3.55. The molecule has 0 radical (unpaired) electrons. The molecule has 25 heavy (non-hydrogen) atoms. The Morgan fingerprint density at radius 3 is 2.72 bits per heavy atom. The molecule has 3 rings (SSSR count). The quantitative estimate of drug-likeness (QED) is 0.912. The number of amides is 2. The number of morpholine rings is 1. The van der Waals surface area contributed by atoms with Crippen LogP contribution >= 0.6 is 0 Å². The third kappa shape index (κ3) is 4.18. The Balaban J connectivity index is 1.70. The van der Waals surface area contributed by atoms with Gasteiger partial charge < -0.3 is 24.4 Å². The fourth-order valence-corrected chi connectivity index (χ4v) is 3.55. The molecule has 1 saturated heterocycles. The van der Waals surface area contributed by atoms with Gasteiger partial charge in [-0.15, -0.1) is 0 Å². The summed E-state index contributed by atoms with van der Waals surface area (Å²) in [5, 5.41) is 3.15. The molecular weight excluding hydrogens is 320 g/mol. The van der Waals surface area contributed by atoms with E-state index in [1.54, 1.807) is 0 Å². The highest BCUT2D eigenvalue weighted by atomic mass is 16.6. The van der Waals surface area contributed by atoms with Crippen molar-refractivity contribution in [3.8, 4) is 11.5 Å². The Hall–Kier alpha value is -1.95. The average molecular weight is 348 g/mol. The minimum Gasteiger partial charge on any atom is -0.486 e. The van der Waals surface area contributed by atoms with Gasteiger partial charge in [-0.2, -0.15) is 0 Å². The molecular formula is C19H28N2O4. The average Bonchev–Trinajstić information content (AvgIpc) is 2.57. The molecule has 0 aromatic heterocycles. The van der Waals surface area contributed by atoms with Crippen LogP contribution in [0.2, 0.25) is 0 Å². The molecule has 1 fully saturated rings. The van der Waals surface area contributed by atoms with Crippen LogP contribution in [-0.2, 0) is 4.74 Å². The van der Waals surface area contributed by atoms with Gasteiger partial charge in [0.05, 0.1) is 24.3 Å². The summed E-state index contributed by atoms with van der Waals surface area (Å²) >= 11 is 0. The van der Waals surface area contributed by atoms with Crippen LogP contribution in [0, 0.1) is 0 Å². The van der Waals surface area contributed by atoms with Gasteiger partial charge in [-0.1, -0.05) is 13.0 Å². The summed E-state index contributed by atoms with van der Waals surface area (Å²) in [6.07, 6.45) is 0.832. The van der Waals surface area contributed by atoms with Gasteiger partial charge >= 0.3 is 6.03 Å². The molecule has 2 aliphatic heterocycles. The number of benzene rings is 1. The van der Waals surface area contributed by atoms with Crippen molar-refractivity contribution in [1.82, 2.24) is 10.2 Å². The van der Waals surface area contributed by atoms with Gasteiger partial charge in [0.15, 0.2) is 11.5 Å². The van der Waals surface area contributed by atoms with E-state index in [0.717, 1.165) is 23.5 Å². The summed E-state index contributed by atoms with van der Waals surface area (Å²) in [5.41, 5.74) is 0.703. The summed E-state index contributed by atoms with van der Waals surface area (Å²) in [5.74, 6) is 1.51. The Bertz CT molecular complexity index is 632. The lowest BCUT2D eigenvalue weighted by atomic mass is 10.0. The van der Waals surface area contributed by atoms with Crippen molar-refractivity contribution in [2.75, 3.05) is 26.3 Å². The molecule has 6 heteroatoms. The van der Waals surface area contributed by atoms with Gasteiger partial charge in [0, 0.05) is 6.54 Å². The Kier molecular flexibility index (Phi) is 5.08. The molecule has 0 saturated carbocycles. The number of nitrogens with one attached hydrogen (secondary N) is 1. The van der Waals surface area contributed by atoms with Gasteiger partial charge in [0.25, 0.3) is 0 Å². The van der Waals surface area contributed by atoms with E-state index in [1.807, 2.05) is 43.9 Å².